The fourth-order valence-electron chi connectivity index (χ4n) is 1.67. The molecule has 2 N–H and O–H groups in total. The normalized spacial score (nSPS) is 9.88. The average Bonchev–Trinajstić information content (AvgIpc) is 2.64. The molecule has 1 aromatic carbocycles. The number of pyridine rings is 1. The van der Waals surface area contributed by atoms with E-state index in [4.69, 9.17) is 21.1 Å². The summed E-state index contributed by atoms with van der Waals surface area (Å²) in [6.07, 6.45) is 1.23. The summed E-state index contributed by atoms with van der Waals surface area (Å²) in [7, 11) is 0. The van der Waals surface area contributed by atoms with Gasteiger partial charge in [0.2, 0.25) is 5.75 Å². The van der Waals surface area contributed by atoms with E-state index in [2.05, 4.69) is 15.8 Å². The number of nitro groups is 1. The second kappa shape index (κ2) is 9.18. The molecule has 2 rings (SSSR count). The average molecular weight is 381 g/mol. The minimum absolute atomic E-state index is 0.162. The van der Waals surface area contributed by atoms with Crippen molar-refractivity contribution in [3.63, 3.8) is 0 Å². The molecule has 0 unspecified atom stereocenters. The van der Waals surface area contributed by atoms with Crippen LogP contribution in [-0.4, -0.2) is 34.9 Å². The summed E-state index contributed by atoms with van der Waals surface area (Å²) in [4.78, 5) is 36.8. The highest BCUT2D eigenvalue weighted by molar-refractivity contribution is 6.30. The quantitative estimate of drug-likeness (QED) is 0.545. The highest BCUT2D eigenvalue weighted by Gasteiger charge is 2.16. The molecule has 26 heavy (non-hydrogen) atoms. The van der Waals surface area contributed by atoms with Crippen molar-refractivity contribution >= 4 is 29.2 Å². The Morgan fingerprint density at radius 3 is 2.31 bits per heavy atom. The Labute approximate surface area is 152 Å². The zero-order valence-electron chi connectivity index (χ0n) is 13.2. The van der Waals surface area contributed by atoms with Crippen molar-refractivity contribution in [3.8, 4) is 11.5 Å². The Balaban J connectivity index is 1.72. The number of amides is 2. The van der Waals surface area contributed by atoms with Crippen molar-refractivity contribution in [2.75, 3.05) is 13.2 Å². The SMILES string of the molecule is O=C(COc1ccc(Cl)cc1)NNC(=O)COc1cccnc1[N+](=O)[O-]. The molecule has 0 aliphatic rings. The third-order valence-corrected chi connectivity index (χ3v) is 3.06. The summed E-state index contributed by atoms with van der Waals surface area (Å²) < 4.78 is 10.2. The second-order valence-electron chi connectivity index (χ2n) is 4.71. The van der Waals surface area contributed by atoms with E-state index in [-0.39, 0.29) is 12.4 Å². The van der Waals surface area contributed by atoms with E-state index < -0.39 is 29.2 Å². The monoisotopic (exact) mass is 380 g/mol. The van der Waals surface area contributed by atoms with Crippen molar-refractivity contribution in [2.45, 2.75) is 0 Å². The lowest BCUT2D eigenvalue weighted by atomic mass is 10.3. The second-order valence-corrected chi connectivity index (χ2v) is 5.15. The van der Waals surface area contributed by atoms with Crippen LogP contribution in [0.4, 0.5) is 5.82 Å². The lowest BCUT2D eigenvalue weighted by molar-refractivity contribution is -0.390. The van der Waals surface area contributed by atoms with Crippen LogP contribution in [0, 0.1) is 10.1 Å². The van der Waals surface area contributed by atoms with Gasteiger partial charge in [0.15, 0.2) is 13.2 Å². The standard InChI is InChI=1S/C15H13ClN4O6/c16-10-3-5-11(6-4-10)25-8-13(21)18-19-14(22)9-26-12-2-1-7-17-15(12)20(23)24/h1-7H,8-9H2,(H,18,21)(H,19,22). The molecule has 0 aliphatic carbocycles. The summed E-state index contributed by atoms with van der Waals surface area (Å²) >= 11 is 5.72. The lowest BCUT2D eigenvalue weighted by Gasteiger charge is -2.09. The van der Waals surface area contributed by atoms with Gasteiger partial charge in [-0.05, 0) is 46.3 Å². The number of carbonyl (C=O) groups excluding carboxylic acids is 2. The molecule has 0 radical (unpaired) electrons. The van der Waals surface area contributed by atoms with Crippen molar-refractivity contribution in [1.82, 2.24) is 15.8 Å². The number of nitrogens with one attached hydrogen (secondary N) is 2. The molecule has 0 atom stereocenters. The minimum atomic E-state index is -0.733. The Kier molecular flexibility index (Phi) is 6.68. The maximum absolute atomic E-state index is 11.6. The molecule has 1 aromatic heterocycles. The van der Waals surface area contributed by atoms with Crippen molar-refractivity contribution in [1.29, 1.82) is 0 Å². The van der Waals surface area contributed by atoms with E-state index in [1.165, 1.54) is 18.3 Å². The van der Waals surface area contributed by atoms with Crippen molar-refractivity contribution < 1.29 is 24.0 Å². The number of hydrazine groups is 1. The molecule has 10 nitrogen and oxygen atoms in total. The molecule has 136 valence electrons. The van der Waals surface area contributed by atoms with Gasteiger partial charge in [-0.25, -0.2) is 0 Å². The Hall–Kier alpha value is -3.40. The zero-order valence-corrected chi connectivity index (χ0v) is 13.9. The predicted molar refractivity (Wildman–Crippen MR) is 89.6 cm³/mol. The van der Waals surface area contributed by atoms with E-state index in [1.807, 2.05) is 0 Å². The van der Waals surface area contributed by atoms with Crippen LogP contribution in [0.5, 0.6) is 11.5 Å². The van der Waals surface area contributed by atoms with Crippen LogP contribution in [0.2, 0.25) is 5.02 Å². The number of rotatable bonds is 7. The van der Waals surface area contributed by atoms with Gasteiger partial charge in [-0.3, -0.25) is 20.4 Å². The molecule has 1 heterocycles. The number of nitrogens with zero attached hydrogens (tertiary/aromatic N) is 2. The first-order valence-electron chi connectivity index (χ1n) is 7.14. The topological polar surface area (TPSA) is 133 Å². The Morgan fingerprint density at radius 2 is 1.69 bits per heavy atom. The van der Waals surface area contributed by atoms with E-state index in [1.54, 1.807) is 24.3 Å². The van der Waals surface area contributed by atoms with Gasteiger partial charge in [0.25, 0.3) is 11.8 Å². The number of hydrogen-bond donors (Lipinski definition) is 2. The van der Waals surface area contributed by atoms with Gasteiger partial charge in [0, 0.05) is 5.02 Å². The third kappa shape index (κ3) is 5.91. The van der Waals surface area contributed by atoms with Gasteiger partial charge >= 0.3 is 5.82 Å². The maximum atomic E-state index is 11.6. The van der Waals surface area contributed by atoms with Crippen LogP contribution in [0.1, 0.15) is 0 Å². The summed E-state index contributed by atoms with van der Waals surface area (Å²) in [6, 6.07) is 9.11. The molecular weight excluding hydrogens is 368 g/mol. The summed E-state index contributed by atoms with van der Waals surface area (Å²) in [5.41, 5.74) is 4.21. The van der Waals surface area contributed by atoms with Gasteiger partial charge in [0.05, 0.1) is 0 Å². The lowest BCUT2D eigenvalue weighted by Crippen LogP contribution is -2.45. The molecule has 0 fully saturated rings. The minimum Gasteiger partial charge on any atom is -0.484 e. The predicted octanol–water partition coefficient (Wildman–Crippen LogP) is 1.25. The fourth-order valence-corrected chi connectivity index (χ4v) is 1.79. The molecular formula is C15H13ClN4O6. The number of benzene rings is 1. The molecule has 2 amide bonds. The highest BCUT2D eigenvalue weighted by atomic mass is 35.5. The first kappa shape index (κ1) is 18.9. The van der Waals surface area contributed by atoms with Gasteiger partial charge in [-0.15, -0.1) is 0 Å². The van der Waals surface area contributed by atoms with E-state index in [0.29, 0.717) is 10.8 Å². The molecule has 11 heteroatoms. The highest BCUT2D eigenvalue weighted by Crippen LogP contribution is 2.22. The van der Waals surface area contributed by atoms with Gasteiger partial charge in [0.1, 0.15) is 11.9 Å². The van der Waals surface area contributed by atoms with Crippen LogP contribution in [0.3, 0.4) is 0 Å². The Morgan fingerprint density at radius 1 is 1.08 bits per heavy atom. The molecule has 0 bridgehead atoms. The summed E-state index contributed by atoms with van der Waals surface area (Å²) in [5.74, 6) is -1.57. The number of carbonyl (C=O) groups is 2. The van der Waals surface area contributed by atoms with Crippen LogP contribution in [0.15, 0.2) is 42.6 Å². The van der Waals surface area contributed by atoms with Crippen LogP contribution < -0.4 is 20.3 Å². The molecule has 0 spiro atoms. The van der Waals surface area contributed by atoms with Gasteiger partial charge < -0.3 is 19.6 Å². The van der Waals surface area contributed by atoms with Crippen molar-refractivity contribution in [2.24, 2.45) is 0 Å². The van der Waals surface area contributed by atoms with E-state index >= 15 is 0 Å². The third-order valence-electron chi connectivity index (χ3n) is 2.81. The first-order chi connectivity index (χ1) is 12.5. The van der Waals surface area contributed by atoms with Crippen LogP contribution in [-0.2, 0) is 9.59 Å². The van der Waals surface area contributed by atoms with Gasteiger partial charge in [-0.2, -0.15) is 0 Å². The molecule has 0 aliphatic heterocycles. The van der Waals surface area contributed by atoms with Gasteiger partial charge in [-0.1, -0.05) is 11.6 Å². The summed E-state index contributed by atoms with van der Waals surface area (Å²) in [6.45, 7) is -0.887. The number of ether oxygens (including phenoxy) is 2. The van der Waals surface area contributed by atoms with Crippen LogP contribution in [0.25, 0.3) is 0 Å². The molecule has 0 saturated heterocycles. The molecule has 2 aromatic rings. The fraction of sp³-hybridized carbons (Fsp3) is 0.133. The van der Waals surface area contributed by atoms with Crippen LogP contribution >= 0.6 is 11.6 Å². The molecule has 0 saturated carbocycles. The summed E-state index contributed by atoms with van der Waals surface area (Å²) in [5, 5.41) is 11.3. The zero-order chi connectivity index (χ0) is 18.9. The largest absolute Gasteiger partial charge is 0.484 e. The smallest absolute Gasteiger partial charge is 0.406 e. The van der Waals surface area contributed by atoms with E-state index in [9.17, 15) is 19.7 Å². The van der Waals surface area contributed by atoms with Crippen molar-refractivity contribution in [3.05, 3.63) is 57.7 Å². The number of halogens is 1. The Bertz CT molecular complexity index is 799. The first-order valence-corrected chi connectivity index (χ1v) is 7.52. The number of aromatic nitrogens is 1. The maximum Gasteiger partial charge on any atom is 0.406 e. The number of hydrogen-bond acceptors (Lipinski definition) is 7. The van der Waals surface area contributed by atoms with E-state index in [0.717, 1.165) is 0 Å².